The zero-order valence-electron chi connectivity index (χ0n) is 10.3. The van der Waals surface area contributed by atoms with Crippen molar-refractivity contribution in [2.45, 2.75) is 0 Å². The van der Waals surface area contributed by atoms with Gasteiger partial charge in [0.1, 0.15) is 5.82 Å². The standard InChI is InChI=1S/C12H15N5S/c1-18-12(15-10-13)17-8-6-16(7-9-17)11-4-2-3-5-14-11/h2-5H,6-9H2,1H3. The fourth-order valence-corrected chi connectivity index (χ4v) is 2.53. The van der Waals surface area contributed by atoms with Crippen LogP contribution in [0.3, 0.4) is 0 Å². The van der Waals surface area contributed by atoms with Crippen LogP contribution in [0.2, 0.25) is 0 Å². The molecule has 0 saturated carbocycles. The van der Waals surface area contributed by atoms with Gasteiger partial charge in [-0.15, -0.1) is 4.99 Å². The quantitative estimate of drug-likeness (QED) is 0.434. The molecule has 0 spiro atoms. The van der Waals surface area contributed by atoms with Crippen LogP contribution >= 0.6 is 11.8 Å². The van der Waals surface area contributed by atoms with Crippen LogP contribution in [-0.2, 0) is 0 Å². The summed E-state index contributed by atoms with van der Waals surface area (Å²) < 4.78 is 0. The van der Waals surface area contributed by atoms with E-state index in [2.05, 4.69) is 19.8 Å². The average Bonchev–Trinajstić information content (AvgIpc) is 2.46. The minimum Gasteiger partial charge on any atom is -0.353 e. The van der Waals surface area contributed by atoms with E-state index >= 15 is 0 Å². The van der Waals surface area contributed by atoms with E-state index in [0.717, 1.165) is 37.2 Å². The molecule has 2 heterocycles. The van der Waals surface area contributed by atoms with Crippen molar-refractivity contribution in [1.82, 2.24) is 9.88 Å². The lowest BCUT2D eigenvalue weighted by Gasteiger charge is -2.36. The molecule has 1 saturated heterocycles. The maximum atomic E-state index is 8.63. The summed E-state index contributed by atoms with van der Waals surface area (Å²) in [5.41, 5.74) is 0. The molecule has 2 rings (SSSR count). The summed E-state index contributed by atoms with van der Waals surface area (Å²) in [6.45, 7) is 3.56. The van der Waals surface area contributed by atoms with E-state index in [1.165, 1.54) is 11.8 Å². The Morgan fingerprint density at radius 3 is 2.72 bits per heavy atom. The lowest BCUT2D eigenvalue weighted by atomic mass is 10.3. The van der Waals surface area contributed by atoms with Gasteiger partial charge >= 0.3 is 0 Å². The van der Waals surface area contributed by atoms with Crippen LogP contribution in [0.25, 0.3) is 0 Å². The number of aliphatic imine (C=N–C) groups is 1. The smallest absolute Gasteiger partial charge is 0.208 e. The zero-order valence-corrected chi connectivity index (χ0v) is 11.1. The number of thioether (sulfide) groups is 1. The predicted molar refractivity (Wildman–Crippen MR) is 74.6 cm³/mol. The van der Waals surface area contributed by atoms with Crippen LogP contribution in [-0.4, -0.2) is 47.5 Å². The van der Waals surface area contributed by atoms with Gasteiger partial charge in [0.05, 0.1) is 0 Å². The first-order valence-corrected chi connectivity index (χ1v) is 6.99. The van der Waals surface area contributed by atoms with E-state index in [9.17, 15) is 0 Å². The molecule has 6 heteroatoms. The lowest BCUT2D eigenvalue weighted by molar-refractivity contribution is 0.391. The van der Waals surface area contributed by atoms with Gasteiger partial charge in [-0.05, 0) is 18.4 Å². The summed E-state index contributed by atoms with van der Waals surface area (Å²) in [6, 6.07) is 5.94. The van der Waals surface area contributed by atoms with Crippen molar-refractivity contribution in [3.05, 3.63) is 24.4 Å². The number of hydrogen-bond donors (Lipinski definition) is 0. The second-order valence-corrected chi connectivity index (χ2v) is 4.63. The van der Waals surface area contributed by atoms with Crippen molar-refractivity contribution in [2.75, 3.05) is 37.3 Å². The van der Waals surface area contributed by atoms with E-state index < -0.39 is 0 Å². The molecule has 0 N–H and O–H groups in total. The molecular weight excluding hydrogens is 246 g/mol. The molecule has 0 radical (unpaired) electrons. The Kier molecular flexibility index (Phi) is 4.42. The second kappa shape index (κ2) is 6.26. The highest BCUT2D eigenvalue weighted by Gasteiger charge is 2.20. The minimum atomic E-state index is 0.804. The van der Waals surface area contributed by atoms with Crippen molar-refractivity contribution in [3.63, 3.8) is 0 Å². The van der Waals surface area contributed by atoms with Crippen LogP contribution in [0.4, 0.5) is 5.82 Å². The van der Waals surface area contributed by atoms with Crippen LogP contribution < -0.4 is 4.90 Å². The van der Waals surface area contributed by atoms with E-state index in [1.54, 1.807) is 0 Å². The third-order valence-electron chi connectivity index (χ3n) is 2.85. The van der Waals surface area contributed by atoms with Gasteiger partial charge in [-0.3, -0.25) is 0 Å². The molecular formula is C12H15N5S. The maximum Gasteiger partial charge on any atom is 0.208 e. The minimum absolute atomic E-state index is 0.804. The summed E-state index contributed by atoms with van der Waals surface area (Å²) in [4.78, 5) is 12.6. The second-order valence-electron chi connectivity index (χ2n) is 3.86. The Labute approximate surface area is 111 Å². The van der Waals surface area contributed by atoms with E-state index in [0.29, 0.717) is 0 Å². The van der Waals surface area contributed by atoms with Crippen molar-refractivity contribution in [2.24, 2.45) is 4.99 Å². The number of nitrogens with zero attached hydrogens (tertiary/aromatic N) is 5. The third kappa shape index (κ3) is 2.93. The summed E-state index contributed by atoms with van der Waals surface area (Å²) in [7, 11) is 0. The number of anilines is 1. The Morgan fingerprint density at radius 1 is 1.39 bits per heavy atom. The Balaban J connectivity index is 1.97. The molecule has 0 aliphatic carbocycles. The summed E-state index contributed by atoms with van der Waals surface area (Å²) in [6.07, 6.45) is 5.62. The normalized spacial score (nSPS) is 16.6. The van der Waals surface area contributed by atoms with Gasteiger partial charge in [-0.1, -0.05) is 17.8 Å². The molecule has 18 heavy (non-hydrogen) atoms. The van der Waals surface area contributed by atoms with Gasteiger partial charge in [-0.2, -0.15) is 5.26 Å². The number of hydrogen-bond acceptors (Lipinski definition) is 5. The fraction of sp³-hybridized carbons (Fsp3) is 0.417. The van der Waals surface area contributed by atoms with Gasteiger partial charge in [0.15, 0.2) is 5.17 Å². The summed E-state index contributed by atoms with van der Waals surface area (Å²) >= 11 is 1.52. The number of rotatable bonds is 1. The molecule has 94 valence electrons. The Hall–Kier alpha value is -1.74. The van der Waals surface area contributed by atoms with Crippen molar-refractivity contribution < 1.29 is 0 Å². The molecule has 0 unspecified atom stereocenters. The van der Waals surface area contributed by atoms with Gasteiger partial charge in [-0.25, -0.2) is 4.98 Å². The number of amidine groups is 1. The number of nitriles is 1. The highest BCUT2D eigenvalue weighted by molar-refractivity contribution is 8.13. The zero-order chi connectivity index (χ0) is 12.8. The molecule has 0 atom stereocenters. The third-order valence-corrected chi connectivity index (χ3v) is 3.57. The summed E-state index contributed by atoms with van der Waals surface area (Å²) in [5, 5.41) is 9.43. The van der Waals surface area contributed by atoms with Crippen LogP contribution in [0.1, 0.15) is 0 Å². The van der Waals surface area contributed by atoms with E-state index in [4.69, 9.17) is 5.26 Å². The monoisotopic (exact) mass is 261 g/mol. The van der Waals surface area contributed by atoms with Crippen molar-refractivity contribution in [1.29, 1.82) is 5.26 Å². The van der Waals surface area contributed by atoms with Crippen LogP contribution in [0, 0.1) is 11.5 Å². The number of pyridine rings is 1. The molecule has 1 aromatic heterocycles. The van der Waals surface area contributed by atoms with Crippen LogP contribution in [0.15, 0.2) is 29.4 Å². The molecule has 1 aromatic rings. The van der Waals surface area contributed by atoms with Gasteiger partial charge in [0.2, 0.25) is 6.19 Å². The lowest BCUT2D eigenvalue weighted by Crippen LogP contribution is -2.48. The van der Waals surface area contributed by atoms with E-state index in [-0.39, 0.29) is 0 Å². The summed E-state index contributed by atoms with van der Waals surface area (Å²) in [5.74, 6) is 1.01. The fourth-order valence-electron chi connectivity index (χ4n) is 1.96. The first-order chi connectivity index (χ1) is 8.85. The van der Waals surface area contributed by atoms with Gasteiger partial charge in [0.25, 0.3) is 0 Å². The molecule has 0 bridgehead atoms. The molecule has 1 aliphatic heterocycles. The molecule has 5 nitrogen and oxygen atoms in total. The first-order valence-electron chi connectivity index (χ1n) is 5.77. The SMILES string of the molecule is CSC(=NC#N)N1CCN(c2ccccn2)CC1. The first kappa shape index (κ1) is 12.7. The molecule has 1 aliphatic rings. The van der Waals surface area contributed by atoms with Crippen molar-refractivity contribution >= 4 is 22.7 Å². The van der Waals surface area contributed by atoms with Crippen LogP contribution in [0.5, 0.6) is 0 Å². The average molecular weight is 261 g/mol. The molecule has 0 amide bonds. The van der Waals surface area contributed by atoms with Gasteiger partial charge < -0.3 is 9.80 Å². The molecule has 1 fully saturated rings. The Morgan fingerprint density at radius 2 is 2.17 bits per heavy atom. The number of piperazine rings is 1. The van der Waals surface area contributed by atoms with E-state index in [1.807, 2.05) is 36.8 Å². The highest BCUT2D eigenvalue weighted by Crippen LogP contribution is 2.15. The highest BCUT2D eigenvalue weighted by atomic mass is 32.2. The topological polar surface area (TPSA) is 55.5 Å². The number of aromatic nitrogens is 1. The van der Waals surface area contributed by atoms with Crippen molar-refractivity contribution in [3.8, 4) is 6.19 Å². The predicted octanol–water partition coefficient (Wildman–Crippen LogP) is 1.40. The maximum absolute atomic E-state index is 8.63. The largest absolute Gasteiger partial charge is 0.353 e. The molecule has 0 aromatic carbocycles. The van der Waals surface area contributed by atoms with Gasteiger partial charge in [0, 0.05) is 32.4 Å². The Bertz CT molecular complexity index is 445.